The van der Waals surface area contributed by atoms with E-state index in [1.807, 2.05) is 18.2 Å². The molecule has 0 heterocycles. The van der Waals surface area contributed by atoms with Gasteiger partial charge in [-0.2, -0.15) is 0 Å². The summed E-state index contributed by atoms with van der Waals surface area (Å²) in [4.78, 5) is 13.0. The molecule has 2 rings (SSSR count). The van der Waals surface area contributed by atoms with E-state index in [-0.39, 0.29) is 0 Å². The predicted octanol–water partition coefficient (Wildman–Crippen LogP) is 5.63. The van der Waals surface area contributed by atoms with Crippen LogP contribution in [0.1, 0.15) is 52.0 Å². The molecule has 3 heteroatoms. The molecule has 1 aromatic rings. The first-order chi connectivity index (χ1) is 11.6. The zero-order valence-electron chi connectivity index (χ0n) is 15.2. The number of hydrogen-bond donors (Lipinski definition) is 0. The second-order valence-corrected chi connectivity index (χ2v) is 8.01. The van der Waals surface area contributed by atoms with Gasteiger partial charge in [-0.25, -0.2) is 0 Å². The Morgan fingerprint density at radius 2 is 2.08 bits per heavy atom. The van der Waals surface area contributed by atoms with E-state index < -0.39 is 5.41 Å². The van der Waals surface area contributed by atoms with E-state index in [4.69, 9.17) is 4.74 Å². The van der Waals surface area contributed by atoms with Gasteiger partial charge in [-0.1, -0.05) is 50.6 Å². The van der Waals surface area contributed by atoms with Crippen molar-refractivity contribution < 1.29 is 9.53 Å². The summed E-state index contributed by atoms with van der Waals surface area (Å²) in [5.41, 5.74) is 1.76. The lowest BCUT2D eigenvalue weighted by atomic mass is 9.66. The average molecular weight is 347 g/mol. The van der Waals surface area contributed by atoms with Crippen LogP contribution in [0.25, 0.3) is 0 Å². The maximum Gasteiger partial charge on any atom is 0.167 e. The van der Waals surface area contributed by atoms with E-state index in [9.17, 15) is 4.79 Å². The normalized spacial score (nSPS) is 26.0. The van der Waals surface area contributed by atoms with Crippen molar-refractivity contribution in [3.8, 4) is 0 Å². The molecule has 0 N–H and O–H groups in total. The summed E-state index contributed by atoms with van der Waals surface area (Å²) in [5, 5.41) is 2.11. The third-order valence-corrected chi connectivity index (χ3v) is 6.08. The van der Waals surface area contributed by atoms with E-state index in [2.05, 4.69) is 38.3 Å². The summed E-state index contributed by atoms with van der Waals surface area (Å²) in [6.45, 7) is 7.53. The standard InChI is InChI=1S/C21H30O2S/c1-4-5-13-24-15-19-12-11-17(2)21(3,20(19)22)16-23-14-18-9-7-6-8-10-18/h6-10,15,17H,4-5,11-14,16H2,1-3H3/b19-15+/t17-,21+/m0/s1. The van der Waals surface area contributed by atoms with Gasteiger partial charge in [0.15, 0.2) is 5.78 Å². The summed E-state index contributed by atoms with van der Waals surface area (Å²) in [6, 6.07) is 10.2. The Morgan fingerprint density at radius 1 is 1.33 bits per heavy atom. The maximum absolute atomic E-state index is 13.0. The molecule has 0 saturated heterocycles. The van der Waals surface area contributed by atoms with E-state index >= 15 is 0 Å². The molecule has 0 unspecified atom stereocenters. The Balaban J connectivity index is 1.95. The van der Waals surface area contributed by atoms with Crippen LogP contribution in [0.4, 0.5) is 0 Å². The third-order valence-electron chi connectivity index (χ3n) is 5.10. The molecule has 0 aromatic heterocycles. The highest BCUT2D eigenvalue weighted by Gasteiger charge is 2.43. The second kappa shape index (κ2) is 9.43. The maximum atomic E-state index is 13.0. The first-order valence-corrected chi connectivity index (χ1v) is 10.1. The molecule has 0 bridgehead atoms. The Labute approximate surface area is 151 Å². The lowest BCUT2D eigenvalue weighted by molar-refractivity contribution is -0.133. The van der Waals surface area contributed by atoms with Gasteiger partial charge in [0.05, 0.1) is 18.6 Å². The Kier molecular flexibility index (Phi) is 7.57. The fourth-order valence-electron chi connectivity index (χ4n) is 3.06. The SMILES string of the molecule is CCCCS/C=C1\CC[C@H](C)[C@@](C)(COCc2ccccc2)C1=O. The van der Waals surface area contributed by atoms with Crippen LogP contribution in [-0.4, -0.2) is 18.1 Å². The van der Waals surface area contributed by atoms with Gasteiger partial charge >= 0.3 is 0 Å². The second-order valence-electron chi connectivity index (χ2n) is 7.03. The Hall–Kier alpha value is -1.06. The first-order valence-electron chi connectivity index (χ1n) is 9.05. The molecule has 132 valence electrons. The van der Waals surface area contributed by atoms with Crippen LogP contribution in [0, 0.1) is 11.3 Å². The van der Waals surface area contributed by atoms with Crippen LogP contribution >= 0.6 is 11.8 Å². The molecule has 1 aromatic carbocycles. The van der Waals surface area contributed by atoms with Gasteiger partial charge in [-0.05, 0) is 48.8 Å². The molecule has 24 heavy (non-hydrogen) atoms. The van der Waals surface area contributed by atoms with Gasteiger partial charge in [0.2, 0.25) is 0 Å². The number of ether oxygens (including phenoxy) is 1. The van der Waals surface area contributed by atoms with Crippen molar-refractivity contribution in [1.82, 2.24) is 0 Å². The molecule has 0 radical (unpaired) electrons. The summed E-state index contributed by atoms with van der Waals surface area (Å²) in [7, 11) is 0. The smallest absolute Gasteiger partial charge is 0.167 e. The number of unbranched alkanes of at least 4 members (excludes halogenated alkanes) is 1. The van der Waals surface area contributed by atoms with Crippen molar-refractivity contribution in [2.24, 2.45) is 11.3 Å². The molecule has 0 spiro atoms. The molecular formula is C21H30O2S. The number of Topliss-reactive ketones (excluding diaryl/α,β-unsaturated/α-hetero) is 1. The Morgan fingerprint density at radius 3 is 2.79 bits per heavy atom. The van der Waals surface area contributed by atoms with Crippen LogP contribution in [0.2, 0.25) is 0 Å². The summed E-state index contributed by atoms with van der Waals surface area (Å²) < 4.78 is 5.94. The molecule has 1 saturated carbocycles. The van der Waals surface area contributed by atoms with E-state index in [1.54, 1.807) is 11.8 Å². The van der Waals surface area contributed by atoms with Crippen molar-refractivity contribution >= 4 is 17.5 Å². The first kappa shape index (κ1) is 19.3. The largest absolute Gasteiger partial charge is 0.376 e. The summed E-state index contributed by atoms with van der Waals surface area (Å²) in [5.74, 6) is 1.75. The number of benzene rings is 1. The highest BCUT2D eigenvalue weighted by molar-refractivity contribution is 8.02. The van der Waals surface area contributed by atoms with Crippen molar-refractivity contribution in [2.75, 3.05) is 12.4 Å². The number of hydrogen-bond acceptors (Lipinski definition) is 3. The fourth-order valence-corrected chi connectivity index (χ4v) is 4.06. The number of carbonyl (C=O) groups excluding carboxylic acids is 1. The van der Waals surface area contributed by atoms with Crippen LogP contribution in [0.3, 0.4) is 0 Å². The number of rotatable bonds is 8. The quantitative estimate of drug-likeness (QED) is 0.451. The number of ketones is 1. The van der Waals surface area contributed by atoms with Gasteiger partial charge < -0.3 is 4.74 Å². The van der Waals surface area contributed by atoms with Crippen LogP contribution in [0.15, 0.2) is 41.3 Å². The molecule has 1 fully saturated rings. The topological polar surface area (TPSA) is 26.3 Å². The number of allylic oxidation sites excluding steroid dienone is 1. The van der Waals surface area contributed by atoms with Gasteiger partial charge in [-0.3, -0.25) is 4.79 Å². The van der Waals surface area contributed by atoms with E-state index in [0.29, 0.717) is 24.9 Å². The van der Waals surface area contributed by atoms with Gasteiger partial charge in [-0.15, -0.1) is 11.8 Å². The van der Waals surface area contributed by atoms with Gasteiger partial charge in [0.25, 0.3) is 0 Å². The van der Waals surface area contributed by atoms with E-state index in [0.717, 1.165) is 29.7 Å². The van der Waals surface area contributed by atoms with Crippen molar-refractivity contribution in [3.63, 3.8) is 0 Å². The minimum absolute atomic E-state index is 0.290. The highest BCUT2D eigenvalue weighted by atomic mass is 32.2. The molecular weight excluding hydrogens is 316 g/mol. The van der Waals surface area contributed by atoms with Gasteiger partial charge in [0, 0.05) is 5.57 Å². The Bertz CT molecular complexity index is 552. The number of thioether (sulfide) groups is 1. The van der Waals surface area contributed by atoms with Gasteiger partial charge in [0.1, 0.15) is 0 Å². The average Bonchev–Trinajstić information content (AvgIpc) is 2.60. The molecule has 0 aliphatic heterocycles. The molecule has 1 aliphatic carbocycles. The number of carbonyl (C=O) groups is 1. The van der Waals surface area contributed by atoms with Crippen LogP contribution < -0.4 is 0 Å². The highest BCUT2D eigenvalue weighted by Crippen LogP contribution is 2.41. The van der Waals surface area contributed by atoms with Crippen LogP contribution in [0.5, 0.6) is 0 Å². The lowest BCUT2D eigenvalue weighted by Gasteiger charge is -2.39. The van der Waals surface area contributed by atoms with Crippen molar-refractivity contribution in [3.05, 3.63) is 46.9 Å². The zero-order chi connectivity index (χ0) is 17.4. The minimum Gasteiger partial charge on any atom is -0.376 e. The molecule has 2 nitrogen and oxygen atoms in total. The summed E-state index contributed by atoms with van der Waals surface area (Å²) >= 11 is 1.79. The van der Waals surface area contributed by atoms with E-state index in [1.165, 1.54) is 12.8 Å². The lowest BCUT2D eigenvalue weighted by Crippen LogP contribution is -2.43. The van der Waals surface area contributed by atoms with Crippen molar-refractivity contribution in [2.45, 2.75) is 53.1 Å². The monoisotopic (exact) mass is 346 g/mol. The zero-order valence-corrected chi connectivity index (χ0v) is 16.0. The molecule has 1 aliphatic rings. The third kappa shape index (κ3) is 4.97. The van der Waals surface area contributed by atoms with Crippen LogP contribution in [-0.2, 0) is 16.1 Å². The summed E-state index contributed by atoms with van der Waals surface area (Å²) in [6.07, 6.45) is 4.38. The molecule has 2 atom stereocenters. The van der Waals surface area contributed by atoms with Crippen molar-refractivity contribution in [1.29, 1.82) is 0 Å². The fraction of sp³-hybridized carbons (Fsp3) is 0.571. The predicted molar refractivity (Wildman–Crippen MR) is 103 cm³/mol. The minimum atomic E-state index is -0.399. The molecule has 0 amide bonds.